The zero-order chi connectivity index (χ0) is 21.8. The molecule has 0 bridgehead atoms. The van der Waals surface area contributed by atoms with Gasteiger partial charge >= 0.3 is 6.18 Å². The van der Waals surface area contributed by atoms with Crippen LogP contribution in [0.25, 0.3) is 11.1 Å². The summed E-state index contributed by atoms with van der Waals surface area (Å²) in [6, 6.07) is 8.44. The van der Waals surface area contributed by atoms with Crippen LogP contribution in [0.15, 0.2) is 41.5 Å². The number of nitrogens with zero attached hydrogens (tertiary/aromatic N) is 3. The number of amidine groups is 1. The molecule has 0 unspecified atom stereocenters. The predicted octanol–water partition coefficient (Wildman–Crippen LogP) is 3.07. The van der Waals surface area contributed by atoms with Gasteiger partial charge in [-0.1, -0.05) is 6.07 Å². The van der Waals surface area contributed by atoms with Crippen LogP contribution in [-0.2, 0) is 10.3 Å². The summed E-state index contributed by atoms with van der Waals surface area (Å²) in [4.78, 5) is 9.63. The summed E-state index contributed by atoms with van der Waals surface area (Å²) in [5, 5.41) is 0. The first kappa shape index (κ1) is 20.0. The van der Waals surface area contributed by atoms with Crippen LogP contribution < -0.4 is 10.5 Å². The second-order valence-corrected chi connectivity index (χ2v) is 8.12. The minimum absolute atomic E-state index is 0.0162. The standard InChI is InChI=1S/C21H20F4N4O2/c22-18-13(2-1-6-27-18)12-3-4-16-14(8-12)20(11-30-19(26)28-20)15-9-29(10-21(23,24)25)7-5-17(15)31-16/h1-4,6,8,15,17H,5,7,9-11H2,(H2,26,28)/t15-,17-,20+/m0/s1. The van der Waals surface area contributed by atoms with Gasteiger partial charge in [0, 0.05) is 36.3 Å². The Kier molecular flexibility index (Phi) is 4.58. The van der Waals surface area contributed by atoms with Crippen LogP contribution in [0.2, 0.25) is 0 Å². The van der Waals surface area contributed by atoms with E-state index < -0.39 is 30.1 Å². The first-order valence-electron chi connectivity index (χ1n) is 9.94. The number of piperidine rings is 1. The van der Waals surface area contributed by atoms with Gasteiger partial charge in [0.05, 0.1) is 6.54 Å². The highest BCUT2D eigenvalue weighted by molar-refractivity contribution is 5.75. The number of halogens is 4. The monoisotopic (exact) mass is 436 g/mol. The third kappa shape index (κ3) is 3.48. The molecule has 4 heterocycles. The summed E-state index contributed by atoms with van der Waals surface area (Å²) in [5.41, 5.74) is 6.35. The van der Waals surface area contributed by atoms with Gasteiger partial charge < -0.3 is 15.2 Å². The Hall–Kier alpha value is -2.88. The molecular formula is C21H20F4N4O2. The number of likely N-dealkylation sites (tertiary alicyclic amines) is 1. The minimum atomic E-state index is -4.30. The Morgan fingerprint density at radius 1 is 1.26 bits per heavy atom. The summed E-state index contributed by atoms with van der Waals surface area (Å²) >= 11 is 0. The van der Waals surface area contributed by atoms with Crippen molar-refractivity contribution in [1.82, 2.24) is 9.88 Å². The van der Waals surface area contributed by atoms with Crippen molar-refractivity contribution in [3.05, 3.63) is 48.0 Å². The lowest BCUT2D eigenvalue weighted by Crippen LogP contribution is -2.58. The smallest absolute Gasteiger partial charge is 0.401 e. The number of fused-ring (bicyclic) bond motifs is 4. The zero-order valence-electron chi connectivity index (χ0n) is 16.4. The normalized spacial score (nSPS) is 27.8. The van der Waals surface area contributed by atoms with Gasteiger partial charge in [0.15, 0.2) is 0 Å². The molecular weight excluding hydrogens is 416 g/mol. The van der Waals surface area contributed by atoms with Crippen molar-refractivity contribution in [2.24, 2.45) is 16.6 Å². The first-order valence-corrected chi connectivity index (χ1v) is 9.94. The van der Waals surface area contributed by atoms with Crippen molar-refractivity contribution in [3.63, 3.8) is 0 Å². The van der Waals surface area contributed by atoms with E-state index in [-0.39, 0.29) is 31.8 Å². The van der Waals surface area contributed by atoms with Gasteiger partial charge in [0.1, 0.15) is 24.0 Å². The maximum Gasteiger partial charge on any atom is 0.401 e. The van der Waals surface area contributed by atoms with Crippen LogP contribution in [0, 0.1) is 11.9 Å². The van der Waals surface area contributed by atoms with Gasteiger partial charge in [0.25, 0.3) is 6.02 Å². The molecule has 0 saturated carbocycles. The fourth-order valence-corrected chi connectivity index (χ4v) is 4.87. The molecule has 0 aliphatic carbocycles. The number of hydrogen-bond donors (Lipinski definition) is 1. The molecule has 2 N–H and O–H groups in total. The SMILES string of the molecule is NC1=N[C@]2(CO1)c1cc(-c3cccnc3F)ccc1O[C@H]1CCN(CC(F)(F)F)C[C@@H]12. The maximum absolute atomic E-state index is 14.3. The Balaban J connectivity index is 1.58. The Labute approximate surface area is 175 Å². The van der Waals surface area contributed by atoms with Gasteiger partial charge in [-0.05, 0) is 36.2 Å². The molecule has 2 aromatic rings. The molecule has 1 spiro atoms. The lowest BCUT2D eigenvalue weighted by atomic mass is 9.71. The van der Waals surface area contributed by atoms with Gasteiger partial charge in [-0.25, -0.2) is 9.98 Å². The summed E-state index contributed by atoms with van der Waals surface area (Å²) in [7, 11) is 0. The van der Waals surface area contributed by atoms with Gasteiger partial charge in [-0.2, -0.15) is 17.6 Å². The van der Waals surface area contributed by atoms with Crippen molar-refractivity contribution < 1.29 is 27.0 Å². The van der Waals surface area contributed by atoms with E-state index in [2.05, 4.69) is 9.98 Å². The average molecular weight is 436 g/mol. The Morgan fingerprint density at radius 3 is 2.81 bits per heavy atom. The fraction of sp³-hybridized carbons (Fsp3) is 0.429. The predicted molar refractivity (Wildman–Crippen MR) is 104 cm³/mol. The van der Waals surface area contributed by atoms with E-state index in [4.69, 9.17) is 15.2 Å². The van der Waals surface area contributed by atoms with Crippen molar-refractivity contribution >= 4 is 6.02 Å². The van der Waals surface area contributed by atoms with Crippen LogP contribution in [0.4, 0.5) is 17.6 Å². The largest absolute Gasteiger partial charge is 0.490 e. The first-order chi connectivity index (χ1) is 14.7. The summed E-state index contributed by atoms with van der Waals surface area (Å²) < 4.78 is 65.0. The summed E-state index contributed by atoms with van der Waals surface area (Å²) in [6.45, 7) is -0.504. The van der Waals surface area contributed by atoms with E-state index in [9.17, 15) is 17.6 Å². The third-order valence-electron chi connectivity index (χ3n) is 6.19. The van der Waals surface area contributed by atoms with Crippen LogP contribution in [0.3, 0.4) is 0 Å². The lowest BCUT2D eigenvalue weighted by Gasteiger charge is -2.49. The molecule has 1 saturated heterocycles. The third-order valence-corrected chi connectivity index (χ3v) is 6.19. The van der Waals surface area contributed by atoms with E-state index in [0.717, 1.165) is 0 Å². The fourth-order valence-electron chi connectivity index (χ4n) is 4.87. The second-order valence-electron chi connectivity index (χ2n) is 8.12. The molecule has 0 amide bonds. The molecule has 10 heteroatoms. The van der Waals surface area contributed by atoms with Crippen molar-refractivity contribution in [3.8, 4) is 16.9 Å². The highest BCUT2D eigenvalue weighted by atomic mass is 19.4. The molecule has 3 atom stereocenters. The molecule has 5 rings (SSSR count). The highest BCUT2D eigenvalue weighted by Gasteiger charge is 2.56. The van der Waals surface area contributed by atoms with Gasteiger partial charge in [-0.15, -0.1) is 0 Å². The number of alkyl halides is 3. The van der Waals surface area contributed by atoms with E-state index in [1.165, 1.54) is 11.1 Å². The molecule has 164 valence electrons. The van der Waals surface area contributed by atoms with E-state index >= 15 is 0 Å². The van der Waals surface area contributed by atoms with Crippen molar-refractivity contribution in [1.29, 1.82) is 0 Å². The Morgan fingerprint density at radius 2 is 2.10 bits per heavy atom. The number of aliphatic imine (C=N–C) groups is 1. The molecule has 1 aromatic heterocycles. The van der Waals surface area contributed by atoms with Crippen LogP contribution in [0.1, 0.15) is 12.0 Å². The topological polar surface area (TPSA) is 73.0 Å². The molecule has 1 aromatic carbocycles. The van der Waals surface area contributed by atoms with Crippen molar-refractivity contribution in [2.75, 3.05) is 26.2 Å². The van der Waals surface area contributed by atoms with Gasteiger partial charge in [0.2, 0.25) is 5.95 Å². The van der Waals surface area contributed by atoms with E-state index in [1.807, 2.05) is 0 Å². The number of nitrogens with two attached hydrogens (primary N) is 1. The number of ether oxygens (including phenoxy) is 2. The molecule has 6 nitrogen and oxygen atoms in total. The van der Waals surface area contributed by atoms with E-state index in [0.29, 0.717) is 28.9 Å². The summed E-state index contributed by atoms with van der Waals surface area (Å²) in [6.07, 6.45) is -2.83. The Bertz CT molecular complexity index is 1040. The molecule has 3 aliphatic heterocycles. The zero-order valence-corrected chi connectivity index (χ0v) is 16.4. The van der Waals surface area contributed by atoms with Crippen LogP contribution in [-0.4, -0.2) is 54.4 Å². The molecule has 0 radical (unpaired) electrons. The average Bonchev–Trinajstić information content (AvgIpc) is 3.10. The van der Waals surface area contributed by atoms with E-state index in [1.54, 1.807) is 30.3 Å². The van der Waals surface area contributed by atoms with Gasteiger partial charge in [-0.3, -0.25) is 4.90 Å². The number of rotatable bonds is 2. The number of pyridine rings is 1. The van der Waals surface area contributed by atoms with Crippen molar-refractivity contribution in [2.45, 2.75) is 24.2 Å². The quantitative estimate of drug-likeness (QED) is 0.579. The highest BCUT2D eigenvalue weighted by Crippen LogP contribution is 2.51. The lowest BCUT2D eigenvalue weighted by molar-refractivity contribution is -0.156. The molecule has 3 aliphatic rings. The molecule has 1 fully saturated rings. The summed E-state index contributed by atoms with van der Waals surface area (Å²) in [5.74, 6) is -0.461. The van der Waals surface area contributed by atoms with Crippen LogP contribution >= 0.6 is 0 Å². The number of benzene rings is 1. The second kappa shape index (κ2) is 7.08. The maximum atomic E-state index is 14.3. The minimum Gasteiger partial charge on any atom is -0.490 e. The number of aromatic nitrogens is 1. The molecule has 31 heavy (non-hydrogen) atoms. The number of hydrogen-bond acceptors (Lipinski definition) is 6. The van der Waals surface area contributed by atoms with Crippen LogP contribution in [0.5, 0.6) is 5.75 Å².